The Morgan fingerprint density at radius 1 is 1.50 bits per heavy atom. The summed E-state index contributed by atoms with van der Waals surface area (Å²) in [5.41, 5.74) is 1.25. The molecule has 0 aliphatic carbocycles. The predicted octanol–water partition coefficient (Wildman–Crippen LogP) is 2.58. The van der Waals surface area contributed by atoms with E-state index in [4.69, 9.17) is 11.8 Å². The minimum atomic E-state index is 0.387. The van der Waals surface area contributed by atoms with Gasteiger partial charge in [0.2, 0.25) is 0 Å². The Bertz CT molecular complexity index is 247. The third kappa shape index (κ3) is 1.41. The molecular weight excluding hydrogens is 170 g/mol. The number of hydrogen-bond acceptors (Lipinski definition) is 1. The molecule has 1 fully saturated rings. The maximum absolute atomic E-state index is 6.02. The van der Waals surface area contributed by atoms with E-state index >= 15 is 0 Å². The quantitative estimate of drug-likeness (QED) is 0.599. The fourth-order valence-electron chi connectivity index (χ4n) is 1.63. The summed E-state index contributed by atoms with van der Waals surface area (Å²) < 4.78 is 1.88. The highest BCUT2D eigenvalue weighted by Crippen LogP contribution is 2.32. The normalized spacial score (nSPS) is 23.9. The molecule has 0 amide bonds. The molecule has 0 N–H and O–H groups in total. The first kappa shape index (κ1) is 7.91. The Morgan fingerprint density at radius 2 is 2.42 bits per heavy atom. The van der Waals surface area contributed by atoms with Crippen molar-refractivity contribution in [3.05, 3.63) is 35.9 Å². The zero-order valence-electron chi connectivity index (χ0n) is 6.76. The Balaban J connectivity index is 2.19. The fraction of sp³-hybridized carbons (Fsp3) is 0.400. The molecule has 0 aromatic heterocycles. The summed E-state index contributed by atoms with van der Waals surface area (Å²) in [5.74, 6) is 0. The highest BCUT2D eigenvalue weighted by molar-refractivity contribution is 6.13. The van der Waals surface area contributed by atoms with Crippen molar-refractivity contribution in [3.8, 4) is 0 Å². The molecule has 0 saturated carbocycles. The molecule has 1 aliphatic heterocycles. The lowest BCUT2D eigenvalue weighted by Gasteiger charge is -2.15. The van der Waals surface area contributed by atoms with Crippen LogP contribution in [0.5, 0.6) is 0 Å². The minimum absolute atomic E-state index is 0.387. The van der Waals surface area contributed by atoms with Crippen LogP contribution in [0, 0.1) is 12.1 Å². The lowest BCUT2D eigenvalue weighted by atomic mass is 10.1. The Labute approximate surface area is 78.1 Å². The Morgan fingerprint density at radius 3 is 3.00 bits per heavy atom. The molecule has 0 radical (unpaired) electrons. The summed E-state index contributed by atoms with van der Waals surface area (Å²) in [4.78, 5) is 0. The third-order valence-corrected chi connectivity index (χ3v) is 2.66. The first-order valence-electron chi connectivity index (χ1n) is 4.18. The molecule has 1 aromatic carbocycles. The summed E-state index contributed by atoms with van der Waals surface area (Å²) in [7, 11) is 0. The van der Waals surface area contributed by atoms with Crippen molar-refractivity contribution < 1.29 is 0 Å². The molecule has 0 spiro atoms. The maximum atomic E-state index is 6.02. The van der Waals surface area contributed by atoms with Gasteiger partial charge < -0.3 is 0 Å². The third-order valence-electron chi connectivity index (χ3n) is 2.25. The first-order chi connectivity index (χ1) is 5.88. The number of rotatable bonds is 1. The van der Waals surface area contributed by atoms with E-state index in [9.17, 15) is 0 Å². The topological polar surface area (TPSA) is 3.24 Å². The van der Waals surface area contributed by atoms with E-state index in [0.717, 1.165) is 13.0 Å². The van der Waals surface area contributed by atoms with Gasteiger partial charge in [-0.15, -0.1) is 0 Å². The molecule has 1 nitrogen and oxygen atoms in total. The van der Waals surface area contributed by atoms with Gasteiger partial charge >= 0.3 is 0 Å². The smallest absolute Gasteiger partial charge is 0.0508 e. The van der Waals surface area contributed by atoms with Gasteiger partial charge in [0.15, 0.2) is 0 Å². The lowest BCUT2D eigenvalue weighted by Crippen LogP contribution is -2.10. The molecular formula is C10H10ClN. The molecule has 1 saturated heterocycles. The van der Waals surface area contributed by atoms with Gasteiger partial charge in [0.1, 0.15) is 0 Å². The number of halogens is 1. The number of nitrogens with zero attached hydrogens (tertiary/aromatic N) is 1. The fourth-order valence-corrected chi connectivity index (χ4v) is 1.96. The zero-order chi connectivity index (χ0) is 8.39. The van der Waals surface area contributed by atoms with Crippen LogP contribution in [-0.2, 0) is 0 Å². The van der Waals surface area contributed by atoms with Gasteiger partial charge in [-0.05, 0) is 48.4 Å². The first-order valence-corrected chi connectivity index (χ1v) is 4.52. The van der Waals surface area contributed by atoms with E-state index in [2.05, 4.69) is 18.2 Å². The summed E-state index contributed by atoms with van der Waals surface area (Å²) >= 11 is 6.02. The van der Waals surface area contributed by atoms with Crippen LogP contribution in [0.4, 0.5) is 0 Å². The molecule has 2 rings (SSSR count). The van der Waals surface area contributed by atoms with Crippen LogP contribution in [0.15, 0.2) is 18.2 Å². The van der Waals surface area contributed by atoms with E-state index in [1.54, 1.807) is 0 Å². The van der Waals surface area contributed by atoms with Crippen molar-refractivity contribution in [1.82, 2.24) is 4.42 Å². The SMILES string of the molecule is ClN1CCC[C@@H]1c1cc#ccc1. The molecule has 62 valence electrons. The standard InChI is InChI=1S/C10H10ClN/c11-12-8-4-7-10(12)9-5-2-1-3-6-9/h2,5-6,10H,4,7-8H2/t10-/m1/s1. The summed E-state index contributed by atoms with van der Waals surface area (Å²) in [6, 6.07) is 12.1. The molecule has 0 bridgehead atoms. The van der Waals surface area contributed by atoms with Crippen molar-refractivity contribution in [2.24, 2.45) is 0 Å². The Hall–Kier alpha value is -0.710. The van der Waals surface area contributed by atoms with Crippen LogP contribution in [-0.4, -0.2) is 11.0 Å². The molecule has 1 atom stereocenters. The monoisotopic (exact) mass is 179 g/mol. The second-order valence-electron chi connectivity index (χ2n) is 3.05. The van der Waals surface area contributed by atoms with Gasteiger partial charge in [0.25, 0.3) is 0 Å². The van der Waals surface area contributed by atoms with E-state index in [1.807, 2.05) is 16.6 Å². The van der Waals surface area contributed by atoms with Crippen LogP contribution in [0.25, 0.3) is 0 Å². The predicted molar refractivity (Wildman–Crippen MR) is 48.6 cm³/mol. The van der Waals surface area contributed by atoms with E-state index in [1.165, 1.54) is 12.0 Å². The van der Waals surface area contributed by atoms with E-state index in [-0.39, 0.29) is 0 Å². The highest BCUT2D eigenvalue weighted by atomic mass is 35.5. The van der Waals surface area contributed by atoms with E-state index in [0.29, 0.717) is 6.04 Å². The molecule has 2 heteroatoms. The Kier molecular flexibility index (Phi) is 2.21. The van der Waals surface area contributed by atoms with Crippen LogP contribution in [0.2, 0.25) is 0 Å². The van der Waals surface area contributed by atoms with Crippen LogP contribution in [0.3, 0.4) is 0 Å². The van der Waals surface area contributed by atoms with Gasteiger partial charge in [-0.2, -0.15) is 0 Å². The van der Waals surface area contributed by atoms with Gasteiger partial charge in [-0.3, -0.25) is 0 Å². The van der Waals surface area contributed by atoms with Gasteiger partial charge in [-0.25, -0.2) is 4.42 Å². The molecule has 1 aliphatic rings. The zero-order valence-corrected chi connectivity index (χ0v) is 7.51. The van der Waals surface area contributed by atoms with Crippen LogP contribution in [0.1, 0.15) is 24.4 Å². The van der Waals surface area contributed by atoms with Gasteiger partial charge in [0.05, 0.1) is 6.04 Å². The van der Waals surface area contributed by atoms with Gasteiger partial charge in [-0.1, -0.05) is 12.1 Å². The average molecular weight is 180 g/mol. The van der Waals surface area contributed by atoms with E-state index < -0.39 is 0 Å². The van der Waals surface area contributed by atoms with Crippen molar-refractivity contribution in [1.29, 1.82) is 0 Å². The van der Waals surface area contributed by atoms with Gasteiger partial charge in [0, 0.05) is 6.54 Å². The summed E-state index contributed by atoms with van der Waals surface area (Å²) in [6.45, 7) is 0.991. The van der Waals surface area contributed by atoms with Crippen LogP contribution < -0.4 is 0 Å². The second-order valence-corrected chi connectivity index (χ2v) is 3.48. The summed E-state index contributed by atoms with van der Waals surface area (Å²) in [6.07, 6.45) is 2.34. The lowest BCUT2D eigenvalue weighted by molar-refractivity contribution is 0.436. The maximum Gasteiger partial charge on any atom is 0.0508 e. The molecule has 0 unspecified atom stereocenters. The van der Waals surface area contributed by atoms with Crippen molar-refractivity contribution in [2.75, 3.05) is 6.54 Å². The minimum Gasteiger partial charge on any atom is -0.213 e. The summed E-state index contributed by atoms with van der Waals surface area (Å²) in [5, 5.41) is 0. The largest absolute Gasteiger partial charge is 0.213 e. The second kappa shape index (κ2) is 3.35. The molecule has 1 aromatic rings. The molecule has 12 heavy (non-hydrogen) atoms. The van der Waals surface area contributed by atoms with Crippen molar-refractivity contribution in [3.63, 3.8) is 0 Å². The molecule has 1 heterocycles. The van der Waals surface area contributed by atoms with Crippen molar-refractivity contribution >= 4 is 11.8 Å². The highest BCUT2D eigenvalue weighted by Gasteiger charge is 2.23. The van der Waals surface area contributed by atoms with Crippen molar-refractivity contribution in [2.45, 2.75) is 18.9 Å². The average Bonchev–Trinajstić information content (AvgIpc) is 2.53. The number of hydrogen-bond donors (Lipinski definition) is 0. The van der Waals surface area contributed by atoms with Crippen LogP contribution >= 0.6 is 11.8 Å².